The molecule has 0 aliphatic carbocycles. The summed E-state index contributed by atoms with van der Waals surface area (Å²) in [6, 6.07) is 20.4. The fourth-order valence-corrected chi connectivity index (χ4v) is 6.64. The maximum absolute atomic E-state index is 12.3. The number of hydrogen-bond donors (Lipinski definition) is 1. The molecule has 7 rings (SSSR count). The van der Waals surface area contributed by atoms with Crippen LogP contribution in [0.15, 0.2) is 73.3 Å². The molecule has 1 aromatic heterocycles. The Hall–Kier alpha value is -4.47. The van der Waals surface area contributed by atoms with Crippen LogP contribution in [0, 0.1) is 0 Å². The summed E-state index contributed by atoms with van der Waals surface area (Å²) in [5.41, 5.74) is 5.42. The first-order valence-electron chi connectivity index (χ1n) is 15.5. The van der Waals surface area contributed by atoms with Gasteiger partial charge in [-0.25, -0.2) is 9.97 Å². The topological polar surface area (TPSA) is 85.3 Å². The summed E-state index contributed by atoms with van der Waals surface area (Å²) in [6.07, 6.45) is 2.18. The fourth-order valence-electron chi connectivity index (χ4n) is 6.64. The molecule has 2 saturated heterocycles. The minimum absolute atomic E-state index is 0.0267. The summed E-state index contributed by atoms with van der Waals surface area (Å²) in [6.45, 7) is 12.0. The Balaban J connectivity index is 1.25. The average molecular weight is 591 g/mol. The molecule has 0 unspecified atom stereocenters. The number of piperazine rings is 1. The number of carbonyl (C=O) groups is 1. The van der Waals surface area contributed by atoms with Crippen molar-refractivity contribution >= 4 is 28.2 Å². The smallest absolute Gasteiger partial charge is 0.246 e. The number of phenols is 1. The fraction of sp³-hybridized carbons (Fsp3) is 0.343. The zero-order chi connectivity index (χ0) is 30.0. The molecule has 9 nitrogen and oxygen atoms in total. The maximum Gasteiger partial charge on any atom is 0.246 e. The summed E-state index contributed by atoms with van der Waals surface area (Å²) in [5, 5.41) is 12.7. The number of hydrogen-bond acceptors (Lipinski definition) is 8. The molecule has 3 aromatic carbocycles. The van der Waals surface area contributed by atoms with Crippen LogP contribution in [0.1, 0.15) is 16.8 Å². The van der Waals surface area contributed by atoms with Crippen LogP contribution in [0.2, 0.25) is 0 Å². The molecule has 0 atom stereocenters. The highest BCUT2D eigenvalue weighted by Crippen LogP contribution is 2.36. The monoisotopic (exact) mass is 590 g/mol. The van der Waals surface area contributed by atoms with Gasteiger partial charge in [-0.15, -0.1) is 0 Å². The van der Waals surface area contributed by atoms with E-state index in [4.69, 9.17) is 14.7 Å². The molecule has 0 radical (unpaired) electrons. The second kappa shape index (κ2) is 12.3. The van der Waals surface area contributed by atoms with Crippen LogP contribution >= 0.6 is 0 Å². The molecule has 4 heterocycles. The van der Waals surface area contributed by atoms with Crippen molar-refractivity contribution in [2.75, 3.05) is 68.8 Å². The molecule has 226 valence electrons. The Labute approximate surface area is 258 Å². The summed E-state index contributed by atoms with van der Waals surface area (Å²) in [7, 11) is 0. The van der Waals surface area contributed by atoms with Gasteiger partial charge in [-0.05, 0) is 35.6 Å². The zero-order valence-corrected chi connectivity index (χ0v) is 25.0. The predicted octanol–water partition coefficient (Wildman–Crippen LogP) is 4.23. The van der Waals surface area contributed by atoms with Crippen LogP contribution in [-0.2, 0) is 29.0 Å². The van der Waals surface area contributed by atoms with E-state index in [9.17, 15) is 9.90 Å². The summed E-state index contributed by atoms with van der Waals surface area (Å²) in [4.78, 5) is 31.6. The van der Waals surface area contributed by atoms with Crippen molar-refractivity contribution in [3.63, 3.8) is 0 Å². The van der Waals surface area contributed by atoms with Crippen LogP contribution < -0.4 is 9.80 Å². The number of amides is 1. The summed E-state index contributed by atoms with van der Waals surface area (Å²) in [5.74, 6) is 1.92. The summed E-state index contributed by atoms with van der Waals surface area (Å²) < 4.78 is 5.54. The van der Waals surface area contributed by atoms with E-state index >= 15 is 0 Å². The average Bonchev–Trinajstić information content (AvgIpc) is 3.07. The number of ether oxygens (including phenoxy) is 1. The largest absolute Gasteiger partial charge is 0.508 e. The van der Waals surface area contributed by atoms with Gasteiger partial charge in [-0.3, -0.25) is 9.69 Å². The number of nitrogens with zero attached hydrogens (tertiary/aromatic N) is 6. The van der Waals surface area contributed by atoms with Gasteiger partial charge in [-0.2, -0.15) is 0 Å². The highest BCUT2D eigenvalue weighted by atomic mass is 16.5. The number of aromatic nitrogens is 2. The van der Waals surface area contributed by atoms with Crippen molar-refractivity contribution in [2.24, 2.45) is 0 Å². The van der Waals surface area contributed by atoms with Gasteiger partial charge in [0.15, 0.2) is 5.82 Å². The van der Waals surface area contributed by atoms with E-state index < -0.39 is 0 Å². The lowest BCUT2D eigenvalue weighted by Crippen LogP contribution is -2.49. The molecule has 2 fully saturated rings. The highest BCUT2D eigenvalue weighted by Gasteiger charge is 2.29. The van der Waals surface area contributed by atoms with Crippen molar-refractivity contribution in [2.45, 2.75) is 19.5 Å². The van der Waals surface area contributed by atoms with Gasteiger partial charge in [0.05, 0.1) is 25.5 Å². The second-order valence-corrected chi connectivity index (χ2v) is 11.8. The van der Waals surface area contributed by atoms with Crippen molar-refractivity contribution in [3.8, 4) is 17.1 Å². The number of morpholine rings is 1. The van der Waals surface area contributed by atoms with E-state index in [2.05, 4.69) is 51.6 Å². The van der Waals surface area contributed by atoms with E-state index in [0.717, 1.165) is 85.2 Å². The SMILES string of the molecule is C=CC(=O)N1CCN(c2nc(-c3cccc(CN4CCOCC4)c3)nc3c2CCN(c2cc(O)cc4ccccc24)C3)CC1. The lowest BCUT2D eigenvalue weighted by atomic mass is 10.0. The van der Waals surface area contributed by atoms with Gasteiger partial charge in [0, 0.05) is 80.6 Å². The Bertz CT molecular complexity index is 1690. The van der Waals surface area contributed by atoms with Gasteiger partial charge < -0.3 is 24.5 Å². The van der Waals surface area contributed by atoms with Crippen molar-refractivity contribution in [1.29, 1.82) is 0 Å². The molecule has 0 spiro atoms. The van der Waals surface area contributed by atoms with Gasteiger partial charge in [-0.1, -0.05) is 49.0 Å². The normalized spacial score (nSPS) is 17.5. The Morgan fingerprint density at radius 1 is 0.909 bits per heavy atom. The van der Waals surface area contributed by atoms with Crippen molar-refractivity contribution in [3.05, 3.63) is 90.1 Å². The molecular weight excluding hydrogens is 552 g/mol. The van der Waals surface area contributed by atoms with E-state index in [1.54, 1.807) is 0 Å². The lowest BCUT2D eigenvalue weighted by molar-refractivity contribution is -0.126. The quantitative estimate of drug-likeness (QED) is 0.334. The molecule has 1 amide bonds. The van der Waals surface area contributed by atoms with Gasteiger partial charge in [0.25, 0.3) is 0 Å². The van der Waals surface area contributed by atoms with E-state index in [1.165, 1.54) is 17.2 Å². The zero-order valence-electron chi connectivity index (χ0n) is 25.0. The first kappa shape index (κ1) is 28.3. The van der Waals surface area contributed by atoms with Crippen LogP contribution in [0.5, 0.6) is 5.75 Å². The van der Waals surface area contributed by atoms with E-state index in [-0.39, 0.29) is 11.7 Å². The number of anilines is 2. The van der Waals surface area contributed by atoms with Crippen molar-refractivity contribution in [1.82, 2.24) is 19.8 Å². The predicted molar refractivity (Wildman–Crippen MR) is 173 cm³/mol. The lowest BCUT2D eigenvalue weighted by Gasteiger charge is -2.38. The van der Waals surface area contributed by atoms with Crippen LogP contribution in [-0.4, -0.2) is 89.8 Å². The van der Waals surface area contributed by atoms with Gasteiger partial charge in [0.2, 0.25) is 5.91 Å². The molecule has 9 heteroatoms. The number of fused-ring (bicyclic) bond motifs is 2. The number of phenolic OH excluding ortho intramolecular Hbond substituents is 1. The first-order chi connectivity index (χ1) is 21.6. The third-order valence-electron chi connectivity index (χ3n) is 8.97. The molecule has 0 bridgehead atoms. The minimum Gasteiger partial charge on any atom is -0.508 e. The molecule has 44 heavy (non-hydrogen) atoms. The Morgan fingerprint density at radius 3 is 2.55 bits per heavy atom. The van der Waals surface area contributed by atoms with Crippen molar-refractivity contribution < 1.29 is 14.6 Å². The Kier molecular flexibility index (Phi) is 7.89. The molecule has 4 aromatic rings. The highest BCUT2D eigenvalue weighted by molar-refractivity contribution is 5.95. The number of rotatable bonds is 6. The van der Waals surface area contributed by atoms with Crippen LogP contribution in [0.25, 0.3) is 22.2 Å². The third kappa shape index (κ3) is 5.73. The van der Waals surface area contributed by atoms with E-state index in [1.807, 2.05) is 35.2 Å². The van der Waals surface area contributed by atoms with Crippen LogP contribution in [0.4, 0.5) is 11.5 Å². The third-order valence-corrected chi connectivity index (χ3v) is 8.97. The second-order valence-electron chi connectivity index (χ2n) is 11.8. The van der Waals surface area contributed by atoms with Gasteiger partial charge >= 0.3 is 0 Å². The number of carbonyl (C=O) groups excluding carboxylic acids is 1. The van der Waals surface area contributed by atoms with E-state index in [0.29, 0.717) is 32.7 Å². The summed E-state index contributed by atoms with van der Waals surface area (Å²) >= 11 is 0. The molecule has 3 aliphatic rings. The Morgan fingerprint density at radius 2 is 1.73 bits per heavy atom. The minimum atomic E-state index is -0.0267. The first-order valence-corrected chi connectivity index (χ1v) is 15.5. The number of benzene rings is 3. The molecule has 1 N–H and O–H groups in total. The van der Waals surface area contributed by atoms with Crippen LogP contribution in [0.3, 0.4) is 0 Å². The standard InChI is InChI=1S/C35H38N6O3/c1-2-33(43)39-12-14-40(15-13-39)35-30-10-11-41(32-22-28(42)21-26-7-3-4-9-29(26)32)24-31(30)36-34(37-35)27-8-5-6-25(20-27)23-38-16-18-44-19-17-38/h2-9,20-22,42H,1,10-19,23-24H2. The van der Waals surface area contributed by atoms with Gasteiger partial charge in [0.1, 0.15) is 11.6 Å². The molecule has 0 saturated carbocycles. The number of aromatic hydroxyl groups is 1. The molecular formula is C35H38N6O3. The maximum atomic E-state index is 12.3. The molecule has 3 aliphatic heterocycles.